The molecular weight excluding hydrogens is 341 g/mol. The van der Waals surface area contributed by atoms with Crippen molar-refractivity contribution < 1.29 is 22.0 Å². The molecule has 0 spiro atoms. The average Bonchev–Trinajstić information content (AvgIpc) is 2.57. The maximum absolute atomic E-state index is 13.6. The summed E-state index contributed by atoms with van der Waals surface area (Å²) in [7, 11) is 1.49. The van der Waals surface area contributed by atoms with Crippen LogP contribution in [0.2, 0.25) is 0 Å². The minimum Gasteiger partial charge on any atom is -0.352 e. The highest BCUT2D eigenvalue weighted by molar-refractivity contribution is 5.79. The van der Waals surface area contributed by atoms with Crippen LogP contribution in [0.1, 0.15) is 16.7 Å². The Labute approximate surface area is 141 Å². The zero-order chi connectivity index (χ0) is 18.4. The average molecular weight is 357 g/mol. The van der Waals surface area contributed by atoms with Gasteiger partial charge in [0.15, 0.2) is 5.96 Å². The Morgan fingerprint density at radius 3 is 2.20 bits per heavy atom. The van der Waals surface area contributed by atoms with E-state index in [2.05, 4.69) is 15.6 Å². The summed E-state index contributed by atoms with van der Waals surface area (Å²) in [6.45, 7) is 0.236. The molecule has 2 aromatic rings. The summed E-state index contributed by atoms with van der Waals surface area (Å²) in [6.07, 6.45) is -4.38. The first-order chi connectivity index (χ1) is 11.8. The number of rotatable bonds is 4. The number of aliphatic imine (C=N–C) groups is 1. The van der Waals surface area contributed by atoms with E-state index in [0.717, 1.165) is 30.3 Å². The Hall–Kier alpha value is -2.64. The fourth-order valence-corrected chi connectivity index (χ4v) is 2.08. The van der Waals surface area contributed by atoms with E-state index >= 15 is 0 Å². The van der Waals surface area contributed by atoms with Crippen LogP contribution in [0.3, 0.4) is 0 Å². The van der Waals surface area contributed by atoms with E-state index in [0.29, 0.717) is 11.5 Å². The van der Waals surface area contributed by atoms with Crippen molar-refractivity contribution in [1.82, 2.24) is 10.6 Å². The maximum atomic E-state index is 13.6. The van der Waals surface area contributed by atoms with Crippen molar-refractivity contribution in [3.05, 3.63) is 70.8 Å². The lowest BCUT2D eigenvalue weighted by molar-refractivity contribution is -0.137. The van der Waals surface area contributed by atoms with Crippen LogP contribution in [0.25, 0.3) is 0 Å². The van der Waals surface area contributed by atoms with Gasteiger partial charge in [-0.3, -0.25) is 4.99 Å². The normalized spacial score (nSPS) is 12.2. The molecule has 3 nitrogen and oxygen atoms in total. The third-order valence-corrected chi connectivity index (χ3v) is 3.42. The van der Waals surface area contributed by atoms with Crippen molar-refractivity contribution in [3.63, 3.8) is 0 Å². The molecule has 0 heterocycles. The first kappa shape index (κ1) is 18.7. The molecule has 0 saturated heterocycles. The number of alkyl halides is 3. The summed E-state index contributed by atoms with van der Waals surface area (Å²) in [5, 5.41) is 5.70. The van der Waals surface area contributed by atoms with E-state index in [1.54, 1.807) is 0 Å². The molecule has 0 saturated carbocycles. The molecule has 8 heteroatoms. The van der Waals surface area contributed by atoms with Crippen molar-refractivity contribution in [3.8, 4) is 0 Å². The van der Waals surface area contributed by atoms with Crippen LogP contribution >= 0.6 is 0 Å². The molecule has 0 aromatic heterocycles. The number of guanidine groups is 1. The van der Waals surface area contributed by atoms with Gasteiger partial charge < -0.3 is 10.6 Å². The highest BCUT2D eigenvalue weighted by atomic mass is 19.4. The molecule has 0 atom stereocenters. The molecule has 0 aliphatic rings. The van der Waals surface area contributed by atoms with E-state index in [1.165, 1.54) is 19.2 Å². The summed E-state index contributed by atoms with van der Waals surface area (Å²) in [5.74, 6) is -0.790. The van der Waals surface area contributed by atoms with E-state index in [4.69, 9.17) is 0 Å². The van der Waals surface area contributed by atoms with Crippen LogP contribution in [-0.2, 0) is 19.3 Å². The van der Waals surface area contributed by atoms with Gasteiger partial charge in [0.1, 0.15) is 11.6 Å². The molecule has 2 N–H and O–H groups in total. The molecule has 25 heavy (non-hydrogen) atoms. The Morgan fingerprint density at radius 1 is 0.960 bits per heavy atom. The Bertz CT molecular complexity index is 739. The van der Waals surface area contributed by atoms with Crippen LogP contribution in [0.5, 0.6) is 0 Å². The quantitative estimate of drug-likeness (QED) is 0.495. The van der Waals surface area contributed by atoms with Crippen LogP contribution in [-0.4, -0.2) is 13.0 Å². The zero-order valence-electron chi connectivity index (χ0n) is 13.3. The lowest BCUT2D eigenvalue weighted by Gasteiger charge is -2.13. The molecule has 2 aromatic carbocycles. The summed E-state index contributed by atoms with van der Waals surface area (Å²) >= 11 is 0. The molecule has 0 aliphatic carbocycles. The minimum atomic E-state index is -4.38. The minimum absolute atomic E-state index is 0.0102. The van der Waals surface area contributed by atoms with E-state index in [1.807, 2.05) is 0 Å². The monoisotopic (exact) mass is 357 g/mol. The van der Waals surface area contributed by atoms with Crippen molar-refractivity contribution in [1.29, 1.82) is 0 Å². The van der Waals surface area contributed by atoms with Gasteiger partial charge in [0.2, 0.25) is 0 Å². The first-order valence-electron chi connectivity index (χ1n) is 7.34. The first-order valence-corrected chi connectivity index (χ1v) is 7.34. The number of benzene rings is 2. The van der Waals surface area contributed by atoms with Gasteiger partial charge in [-0.1, -0.05) is 12.1 Å². The number of hydrogen-bond donors (Lipinski definition) is 2. The third-order valence-electron chi connectivity index (χ3n) is 3.42. The fourth-order valence-electron chi connectivity index (χ4n) is 2.08. The van der Waals surface area contributed by atoms with Gasteiger partial charge in [-0.2, -0.15) is 13.2 Å². The summed E-state index contributed by atoms with van der Waals surface area (Å²) in [4.78, 5) is 3.93. The molecule has 0 radical (unpaired) electrons. The van der Waals surface area contributed by atoms with Gasteiger partial charge in [-0.15, -0.1) is 0 Å². The lowest BCUT2D eigenvalue weighted by Crippen LogP contribution is -2.36. The molecular formula is C17H16F5N3. The smallest absolute Gasteiger partial charge is 0.352 e. The van der Waals surface area contributed by atoms with Crippen molar-refractivity contribution in [2.75, 3.05) is 7.05 Å². The topological polar surface area (TPSA) is 36.4 Å². The fraction of sp³-hybridized carbons (Fsp3) is 0.235. The standard InChI is InChI=1S/C17H16F5N3/c1-23-16(25-10-12-8-14(18)6-7-15(12)19)24-9-11-2-4-13(5-3-11)17(20,21)22/h2-8H,9-10H2,1H3,(H2,23,24,25). The van der Waals surface area contributed by atoms with Crippen LogP contribution in [0.15, 0.2) is 47.5 Å². The molecule has 0 aliphatic heterocycles. The van der Waals surface area contributed by atoms with Crippen LogP contribution < -0.4 is 10.6 Å². The molecule has 0 amide bonds. The van der Waals surface area contributed by atoms with Crippen LogP contribution in [0.4, 0.5) is 22.0 Å². The van der Waals surface area contributed by atoms with Gasteiger partial charge in [0, 0.05) is 25.7 Å². The molecule has 0 unspecified atom stereocenters. The Morgan fingerprint density at radius 2 is 1.60 bits per heavy atom. The second-order valence-electron chi connectivity index (χ2n) is 5.21. The second kappa shape index (κ2) is 7.96. The lowest BCUT2D eigenvalue weighted by atomic mass is 10.1. The summed E-state index contributed by atoms with van der Waals surface area (Å²) < 4.78 is 64.2. The zero-order valence-corrected chi connectivity index (χ0v) is 13.3. The second-order valence-corrected chi connectivity index (χ2v) is 5.21. The Balaban J connectivity index is 1.91. The third kappa shape index (κ3) is 5.44. The van der Waals surface area contributed by atoms with E-state index in [9.17, 15) is 22.0 Å². The number of nitrogens with zero attached hydrogens (tertiary/aromatic N) is 1. The predicted molar refractivity (Wildman–Crippen MR) is 84.8 cm³/mol. The van der Waals surface area contributed by atoms with Gasteiger partial charge in [-0.25, -0.2) is 8.78 Å². The molecule has 2 rings (SSSR count). The van der Waals surface area contributed by atoms with Gasteiger partial charge >= 0.3 is 6.18 Å². The predicted octanol–water partition coefficient (Wildman–Crippen LogP) is 3.85. The maximum Gasteiger partial charge on any atom is 0.416 e. The molecule has 0 fully saturated rings. The van der Waals surface area contributed by atoms with Crippen molar-refractivity contribution in [2.24, 2.45) is 4.99 Å². The summed E-state index contributed by atoms with van der Waals surface area (Å²) in [6, 6.07) is 7.84. The van der Waals surface area contributed by atoms with E-state index in [-0.39, 0.29) is 18.7 Å². The largest absolute Gasteiger partial charge is 0.416 e. The molecule has 0 bridgehead atoms. The highest BCUT2D eigenvalue weighted by Gasteiger charge is 2.29. The molecule has 134 valence electrons. The summed E-state index contributed by atoms with van der Waals surface area (Å²) in [5.41, 5.74) is 0.0331. The van der Waals surface area contributed by atoms with Crippen molar-refractivity contribution in [2.45, 2.75) is 19.3 Å². The van der Waals surface area contributed by atoms with Gasteiger partial charge in [0.25, 0.3) is 0 Å². The number of halogens is 5. The number of nitrogens with one attached hydrogen (secondary N) is 2. The Kier molecular flexibility index (Phi) is 5.95. The van der Waals surface area contributed by atoms with Crippen molar-refractivity contribution >= 4 is 5.96 Å². The van der Waals surface area contributed by atoms with Gasteiger partial charge in [-0.05, 0) is 35.9 Å². The number of hydrogen-bond acceptors (Lipinski definition) is 1. The highest BCUT2D eigenvalue weighted by Crippen LogP contribution is 2.29. The van der Waals surface area contributed by atoms with Crippen LogP contribution in [0, 0.1) is 11.6 Å². The van der Waals surface area contributed by atoms with E-state index < -0.39 is 23.4 Å². The van der Waals surface area contributed by atoms with Gasteiger partial charge in [0.05, 0.1) is 5.56 Å². The SMILES string of the molecule is CN=C(NCc1ccc(C(F)(F)F)cc1)NCc1cc(F)ccc1F.